The van der Waals surface area contributed by atoms with Crippen LogP contribution in [0, 0.1) is 17.0 Å². The minimum absolute atomic E-state index is 0.0288. The van der Waals surface area contributed by atoms with Crippen LogP contribution in [0.25, 0.3) is 0 Å². The Bertz CT molecular complexity index is 1030. The van der Waals surface area contributed by atoms with Gasteiger partial charge in [-0.3, -0.25) is 19.6 Å². The van der Waals surface area contributed by atoms with Gasteiger partial charge in [0.2, 0.25) is 5.91 Å². The smallest absolute Gasteiger partial charge is 0.270 e. The zero-order valence-corrected chi connectivity index (χ0v) is 15.7. The van der Waals surface area contributed by atoms with Gasteiger partial charge >= 0.3 is 0 Å². The van der Waals surface area contributed by atoms with E-state index in [-0.39, 0.29) is 16.5 Å². The third-order valence-electron chi connectivity index (χ3n) is 4.59. The molecule has 2 aromatic rings. The molecule has 27 heavy (non-hydrogen) atoms. The molecule has 1 heterocycles. The standard InChI is InChI=1S/C18H19N3O5S/c1-12-3-6-17(21(23)24)10-18(12)27(25,26)19-16-5-4-14-7-8-20(13(2)22)11-15(14)9-16/h3-6,9-10,19H,7-8,11H2,1-2H3. The molecule has 0 unspecified atom stereocenters. The molecular formula is C18H19N3O5S. The Morgan fingerprint density at radius 2 is 1.93 bits per heavy atom. The molecule has 0 saturated carbocycles. The van der Waals surface area contributed by atoms with Crippen molar-refractivity contribution in [3.63, 3.8) is 0 Å². The molecular weight excluding hydrogens is 370 g/mol. The molecule has 1 aliphatic heterocycles. The number of carbonyl (C=O) groups excluding carboxylic acids is 1. The number of benzene rings is 2. The van der Waals surface area contributed by atoms with Crippen LogP contribution < -0.4 is 4.72 Å². The first kappa shape index (κ1) is 18.8. The van der Waals surface area contributed by atoms with Crippen LogP contribution in [-0.4, -0.2) is 30.7 Å². The highest BCUT2D eigenvalue weighted by molar-refractivity contribution is 7.92. The van der Waals surface area contributed by atoms with Crippen molar-refractivity contribution in [1.82, 2.24) is 4.90 Å². The Morgan fingerprint density at radius 1 is 1.19 bits per heavy atom. The minimum atomic E-state index is -3.99. The van der Waals surface area contributed by atoms with Crippen molar-refractivity contribution in [2.24, 2.45) is 0 Å². The highest BCUT2D eigenvalue weighted by atomic mass is 32.2. The van der Waals surface area contributed by atoms with Gasteiger partial charge in [0.25, 0.3) is 15.7 Å². The molecule has 0 aliphatic carbocycles. The summed E-state index contributed by atoms with van der Waals surface area (Å²) in [4.78, 5) is 23.5. The molecule has 0 bridgehead atoms. The predicted octanol–water partition coefficient (Wildman–Crippen LogP) is 2.61. The van der Waals surface area contributed by atoms with Gasteiger partial charge in [0.15, 0.2) is 0 Å². The van der Waals surface area contributed by atoms with Crippen LogP contribution in [0.3, 0.4) is 0 Å². The normalized spacial score (nSPS) is 13.8. The van der Waals surface area contributed by atoms with Crippen LogP contribution in [0.2, 0.25) is 0 Å². The number of carbonyl (C=O) groups is 1. The highest BCUT2D eigenvalue weighted by Gasteiger charge is 2.22. The minimum Gasteiger partial charge on any atom is -0.338 e. The SMILES string of the molecule is CC(=O)N1CCc2ccc(NS(=O)(=O)c3cc([N+](=O)[O-])ccc3C)cc2C1. The second kappa shape index (κ2) is 6.99. The number of rotatable bonds is 4. The molecule has 1 N–H and O–H groups in total. The lowest BCUT2D eigenvalue weighted by Crippen LogP contribution is -2.34. The van der Waals surface area contributed by atoms with E-state index < -0.39 is 14.9 Å². The maximum Gasteiger partial charge on any atom is 0.270 e. The van der Waals surface area contributed by atoms with E-state index in [1.54, 1.807) is 24.0 Å². The van der Waals surface area contributed by atoms with Gasteiger partial charge in [-0.15, -0.1) is 0 Å². The largest absolute Gasteiger partial charge is 0.338 e. The van der Waals surface area contributed by atoms with Crippen LogP contribution in [0.15, 0.2) is 41.3 Å². The number of amides is 1. The average Bonchev–Trinajstić information content (AvgIpc) is 2.60. The van der Waals surface area contributed by atoms with E-state index >= 15 is 0 Å². The van der Waals surface area contributed by atoms with Gasteiger partial charge in [-0.05, 0) is 42.2 Å². The van der Waals surface area contributed by atoms with E-state index in [0.717, 1.165) is 17.2 Å². The molecule has 9 heteroatoms. The molecule has 8 nitrogen and oxygen atoms in total. The van der Waals surface area contributed by atoms with Crippen LogP contribution in [0.4, 0.5) is 11.4 Å². The number of aryl methyl sites for hydroxylation is 1. The summed E-state index contributed by atoms with van der Waals surface area (Å²) in [5.74, 6) is -0.0288. The van der Waals surface area contributed by atoms with Crippen molar-refractivity contribution < 1.29 is 18.1 Å². The molecule has 0 atom stereocenters. The van der Waals surface area contributed by atoms with Crippen molar-refractivity contribution in [2.45, 2.75) is 31.7 Å². The third-order valence-corrected chi connectivity index (χ3v) is 6.11. The lowest BCUT2D eigenvalue weighted by molar-refractivity contribution is -0.385. The Kier molecular flexibility index (Phi) is 4.88. The van der Waals surface area contributed by atoms with Crippen molar-refractivity contribution in [1.29, 1.82) is 0 Å². The van der Waals surface area contributed by atoms with Crippen LogP contribution >= 0.6 is 0 Å². The Labute approximate surface area is 157 Å². The van der Waals surface area contributed by atoms with E-state index in [2.05, 4.69) is 4.72 Å². The molecule has 142 valence electrons. The van der Waals surface area contributed by atoms with Crippen LogP contribution in [0.1, 0.15) is 23.6 Å². The first-order valence-corrected chi connectivity index (χ1v) is 9.81. The molecule has 0 saturated heterocycles. The number of non-ortho nitro benzene ring substituents is 1. The van der Waals surface area contributed by atoms with Gasteiger partial charge in [-0.25, -0.2) is 8.42 Å². The van der Waals surface area contributed by atoms with E-state index in [4.69, 9.17) is 0 Å². The Hall–Kier alpha value is -2.94. The molecule has 0 radical (unpaired) electrons. The van der Waals surface area contributed by atoms with Gasteiger partial charge in [0.05, 0.1) is 9.82 Å². The zero-order valence-electron chi connectivity index (χ0n) is 14.9. The number of sulfonamides is 1. The molecule has 0 spiro atoms. The quantitative estimate of drug-likeness (QED) is 0.638. The molecule has 0 fully saturated rings. The summed E-state index contributed by atoms with van der Waals surface area (Å²) in [7, 11) is -3.99. The fraction of sp³-hybridized carbons (Fsp3) is 0.278. The average molecular weight is 389 g/mol. The van der Waals surface area contributed by atoms with Crippen molar-refractivity contribution >= 4 is 27.3 Å². The summed E-state index contributed by atoms with van der Waals surface area (Å²) >= 11 is 0. The molecule has 2 aromatic carbocycles. The molecule has 1 amide bonds. The summed E-state index contributed by atoms with van der Waals surface area (Å²) in [6.07, 6.45) is 0.714. The summed E-state index contributed by atoms with van der Waals surface area (Å²) in [6, 6.07) is 8.92. The number of nitrogens with one attached hydrogen (secondary N) is 1. The van der Waals surface area contributed by atoms with Crippen LogP contribution in [0.5, 0.6) is 0 Å². The number of anilines is 1. The summed E-state index contributed by atoms with van der Waals surface area (Å²) in [5, 5.41) is 11.0. The first-order chi connectivity index (χ1) is 12.7. The van der Waals surface area contributed by atoms with Crippen molar-refractivity contribution in [3.05, 3.63) is 63.2 Å². The summed E-state index contributed by atoms with van der Waals surface area (Å²) < 4.78 is 28.0. The Balaban J connectivity index is 1.91. The van der Waals surface area contributed by atoms with E-state index in [1.807, 2.05) is 6.07 Å². The van der Waals surface area contributed by atoms with Crippen molar-refractivity contribution in [3.8, 4) is 0 Å². The predicted molar refractivity (Wildman–Crippen MR) is 99.9 cm³/mol. The van der Waals surface area contributed by atoms with E-state index in [9.17, 15) is 23.3 Å². The summed E-state index contributed by atoms with van der Waals surface area (Å²) in [6.45, 7) is 4.15. The van der Waals surface area contributed by atoms with Crippen LogP contribution in [-0.2, 0) is 27.8 Å². The van der Waals surface area contributed by atoms with Gasteiger partial charge in [-0.1, -0.05) is 12.1 Å². The third kappa shape index (κ3) is 3.92. The van der Waals surface area contributed by atoms with E-state index in [1.165, 1.54) is 19.1 Å². The number of hydrogen-bond donors (Lipinski definition) is 1. The first-order valence-electron chi connectivity index (χ1n) is 8.32. The second-order valence-corrected chi connectivity index (χ2v) is 8.14. The van der Waals surface area contributed by atoms with Crippen molar-refractivity contribution in [2.75, 3.05) is 11.3 Å². The van der Waals surface area contributed by atoms with Gasteiger partial charge < -0.3 is 4.90 Å². The molecule has 1 aliphatic rings. The fourth-order valence-corrected chi connectivity index (χ4v) is 4.41. The fourth-order valence-electron chi connectivity index (χ4n) is 3.09. The maximum absolute atomic E-state index is 12.7. The van der Waals surface area contributed by atoms with Gasteiger partial charge in [0.1, 0.15) is 0 Å². The number of fused-ring (bicyclic) bond motifs is 1. The highest BCUT2D eigenvalue weighted by Crippen LogP contribution is 2.27. The molecule has 0 aromatic heterocycles. The number of nitro groups is 1. The number of hydrogen-bond acceptors (Lipinski definition) is 5. The van der Waals surface area contributed by atoms with Gasteiger partial charge in [0, 0.05) is 37.8 Å². The lowest BCUT2D eigenvalue weighted by atomic mass is 9.99. The number of nitro benzene ring substituents is 1. The van der Waals surface area contributed by atoms with Gasteiger partial charge in [-0.2, -0.15) is 0 Å². The Morgan fingerprint density at radius 3 is 2.59 bits per heavy atom. The topological polar surface area (TPSA) is 110 Å². The second-order valence-electron chi connectivity index (χ2n) is 6.49. The zero-order chi connectivity index (χ0) is 19.8. The monoisotopic (exact) mass is 389 g/mol. The number of nitrogens with zero attached hydrogens (tertiary/aromatic N) is 2. The lowest BCUT2D eigenvalue weighted by Gasteiger charge is -2.28. The van der Waals surface area contributed by atoms with E-state index in [0.29, 0.717) is 30.8 Å². The maximum atomic E-state index is 12.7. The molecule has 3 rings (SSSR count). The summed E-state index contributed by atoms with van der Waals surface area (Å²) in [5.41, 5.74) is 2.43.